The van der Waals surface area contributed by atoms with Crippen molar-refractivity contribution in [2.45, 2.75) is 442 Å². The lowest BCUT2D eigenvalue weighted by molar-refractivity contribution is -0.149. The molecule has 0 aliphatic carbocycles. The number of ether oxygens (including phenoxy) is 5. The van der Waals surface area contributed by atoms with Crippen LogP contribution < -0.4 is 0 Å². The third-order valence-electron chi connectivity index (χ3n) is 23.7. The Balaban J connectivity index is 0.000000744. The van der Waals surface area contributed by atoms with Crippen molar-refractivity contribution in [2.75, 3.05) is 98.5 Å². The van der Waals surface area contributed by atoms with E-state index in [1.54, 1.807) is 4.90 Å². The molecule has 0 radical (unpaired) electrons. The highest BCUT2D eigenvalue weighted by atomic mass is 16.5. The van der Waals surface area contributed by atoms with Crippen LogP contribution in [0, 0.1) is 29.6 Å². The number of likely N-dealkylation sites (tertiary alicyclic amines) is 5. The topological polar surface area (TPSA) is 233 Å². The van der Waals surface area contributed by atoms with Crippen LogP contribution in [0.5, 0.6) is 0 Å². The summed E-state index contributed by atoms with van der Waals surface area (Å²) >= 11 is 0. The Morgan fingerprint density at radius 3 is 0.517 bits per heavy atom. The molecule has 688 valence electrons. The zero-order valence-corrected chi connectivity index (χ0v) is 77.9. The molecule has 5 amide bonds. The van der Waals surface area contributed by atoms with E-state index in [-0.39, 0.29) is 89.0 Å². The van der Waals surface area contributed by atoms with Crippen molar-refractivity contribution in [1.29, 1.82) is 0 Å². The lowest BCUT2D eigenvalue weighted by atomic mass is 10.0. The summed E-state index contributed by atoms with van der Waals surface area (Å²) in [6.45, 7) is 30.4. The minimum Gasteiger partial charge on any atom is -0.465 e. The first kappa shape index (κ1) is 111. The molecule has 5 saturated heterocycles. The maximum absolute atomic E-state index is 12.1. The van der Waals surface area contributed by atoms with E-state index in [2.05, 4.69) is 62.3 Å². The summed E-state index contributed by atoms with van der Waals surface area (Å²) in [6, 6.07) is 0. The first-order valence-electron chi connectivity index (χ1n) is 49.7. The number of carbonyl (C=O) groups is 10. The number of nitrogens with zero attached hydrogens (tertiary/aromatic N) is 5. The summed E-state index contributed by atoms with van der Waals surface area (Å²) in [5.41, 5.74) is 0. The molecule has 5 heterocycles. The van der Waals surface area contributed by atoms with Gasteiger partial charge in [0.2, 0.25) is 29.5 Å². The first-order valence-corrected chi connectivity index (χ1v) is 49.7. The van der Waals surface area contributed by atoms with Crippen molar-refractivity contribution < 1.29 is 71.6 Å². The molecule has 5 aliphatic heterocycles. The fourth-order valence-electron chi connectivity index (χ4n) is 15.7. The van der Waals surface area contributed by atoms with Gasteiger partial charge in [-0.3, -0.25) is 47.9 Å². The van der Waals surface area contributed by atoms with Gasteiger partial charge in [-0.15, -0.1) is 0 Å². The van der Waals surface area contributed by atoms with Crippen LogP contribution in [0.4, 0.5) is 0 Å². The number of carbonyl (C=O) groups excluding carboxylic acids is 10. The molecular formula is C98H181N5O15. The summed E-state index contributed by atoms with van der Waals surface area (Å²) < 4.78 is 26.2. The van der Waals surface area contributed by atoms with E-state index in [1.165, 1.54) is 250 Å². The van der Waals surface area contributed by atoms with Crippen molar-refractivity contribution >= 4 is 59.4 Å². The third kappa shape index (κ3) is 57.1. The van der Waals surface area contributed by atoms with Gasteiger partial charge < -0.3 is 48.2 Å². The summed E-state index contributed by atoms with van der Waals surface area (Å²) in [5, 5.41) is 0. The average molecular weight is 1670 g/mol. The first-order chi connectivity index (χ1) is 57.4. The lowest BCUT2D eigenvalue weighted by Gasteiger charge is -2.16. The van der Waals surface area contributed by atoms with E-state index in [1.807, 2.05) is 26.5 Å². The monoisotopic (exact) mass is 1670 g/mol. The number of esters is 5. The van der Waals surface area contributed by atoms with Gasteiger partial charge in [0.1, 0.15) is 0 Å². The fraction of sp³-hybridized carbons (Fsp3) is 0.898. The van der Waals surface area contributed by atoms with Crippen LogP contribution in [0.15, 0.2) is 0 Å². The number of rotatable bonds is 68. The fourth-order valence-corrected chi connectivity index (χ4v) is 15.7. The quantitative estimate of drug-likeness (QED) is 0.0313. The highest BCUT2D eigenvalue weighted by Crippen LogP contribution is 2.27. The van der Waals surface area contributed by atoms with Crippen molar-refractivity contribution in [1.82, 2.24) is 24.5 Å². The van der Waals surface area contributed by atoms with E-state index in [0.717, 1.165) is 116 Å². The molecule has 20 heteroatoms. The van der Waals surface area contributed by atoms with Crippen molar-refractivity contribution in [3.8, 4) is 0 Å². The number of unbranched alkanes of at least 4 members (excludes halogenated alkanes) is 44. The highest BCUT2D eigenvalue weighted by molar-refractivity contribution is 5.89. The Labute approximate surface area is 721 Å². The van der Waals surface area contributed by atoms with Gasteiger partial charge in [0.05, 0.1) is 62.6 Å². The predicted octanol–water partition coefficient (Wildman–Crippen LogP) is 22.8. The Kier molecular flexibility index (Phi) is 72.9. The van der Waals surface area contributed by atoms with Gasteiger partial charge in [0, 0.05) is 97.6 Å². The van der Waals surface area contributed by atoms with Crippen LogP contribution in [0.25, 0.3) is 0 Å². The van der Waals surface area contributed by atoms with Gasteiger partial charge in [-0.25, -0.2) is 0 Å². The molecule has 0 saturated carbocycles. The van der Waals surface area contributed by atoms with E-state index >= 15 is 0 Å². The summed E-state index contributed by atoms with van der Waals surface area (Å²) in [7, 11) is 0. The van der Waals surface area contributed by atoms with Crippen LogP contribution >= 0.6 is 0 Å². The molecule has 0 N–H and O–H groups in total. The van der Waals surface area contributed by atoms with Gasteiger partial charge >= 0.3 is 29.8 Å². The molecule has 0 aromatic heterocycles. The van der Waals surface area contributed by atoms with Crippen LogP contribution in [-0.4, -0.2) is 182 Å². The number of amides is 5. The second-order valence-corrected chi connectivity index (χ2v) is 34.7. The standard InChI is InChI=1S/C25H47NO3.C21H39NO3.C20H37NO3.C19H35NO3.C13H23NO3/c1-3-5-7-8-9-10-11-12-13-14-15-16-17-18-19-26-22-23(21-24(26)27)25(28)29-20-6-4-2;1-3-5-7-8-9-10-11-12-13-14-15-22-18-19(17-20(22)23)21(24)25-16-6-4-2;1-3-5-7-8-9-10-11-12-13-14-21-17-18(16-19(21)22)20(23)24-15-6-4-2;1-3-5-7-8-9-10-11-12-13-20-16-17(15-18(20)21)19(22)23-14-6-4-2;1-3-5-6-7-8-17-13(16)11-9-12(15)14(4-2)10-11/h23H,3-22H2,1-2H3;19H,3-18H2,1-2H3;18H,3-17H2,1-2H3;17H,3-16H2,1-2H3;11H,3-10H2,1-2H3. The molecule has 0 spiro atoms. The molecule has 0 aromatic carbocycles. The van der Waals surface area contributed by atoms with E-state index < -0.39 is 0 Å². The molecule has 5 aliphatic rings. The zero-order valence-electron chi connectivity index (χ0n) is 77.9. The average Bonchev–Trinajstić information content (AvgIpc) is 1.75. The van der Waals surface area contributed by atoms with Crippen LogP contribution in [0.1, 0.15) is 442 Å². The minimum absolute atomic E-state index is 0.0698. The molecule has 0 bridgehead atoms. The maximum atomic E-state index is 12.1. The SMILES string of the molecule is CCCCCCCCCCCCCCCCN1CC(C(=O)OCCCC)CC1=O.CCCCCCCCCCCCN1CC(C(=O)OCCCC)CC1=O.CCCCCCCCCCCN1CC(C(=O)OCCCC)CC1=O.CCCCCCCCCCN1CC(C(=O)OCCCC)CC1=O.CCCCCCOC(=O)C1CC(=O)N(CC)C1. The molecule has 5 atom stereocenters. The van der Waals surface area contributed by atoms with Crippen LogP contribution in [-0.2, 0) is 71.6 Å². The molecule has 118 heavy (non-hydrogen) atoms. The number of hydrogen-bond donors (Lipinski definition) is 0. The molecular weight excluding hydrogens is 1490 g/mol. The Morgan fingerprint density at radius 2 is 0.347 bits per heavy atom. The lowest BCUT2D eigenvalue weighted by Crippen LogP contribution is -2.27. The molecule has 5 unspecified atom stereocenters. The molecule has 5 fully saturated rings. The molecule has 5 rings (SSSR count). The van der Waals surface area contributed by atoms with Crippen molar-refractivity contribution in [2.24, 2.45) is 29.6 Å². The van der Waals surface area contributed by atoms with Gasteiger partial charge in [-0.2, -0.15) is 0 Å². The third-order valence-corrected chi connectivity index (χ3v) is 23.7. The summed E-state index contributed by atoms with van der Waals surface area (Å²) in [4.78, 5) is 128. The van der Waals surface area contributed by atoms with Gasteiger partial charge in [-0.05, 0) is 64.7 Å². The van der Waals surface area contributed by atoms with Gasteiger partial charge in [0.25, 0.3) is 0 Å². The maximum Gasteiger partial charge on any atom is 0.311 e. The van der Waals surface area contributed by atoms with Gasteiger partial charge in [-0.1, -0.05) is 345 Å². The Morgan fingerprint density at radius 1 is 0.203 bits per heavy atom. The number of hydrogen-bond acceptors (Lipinski definition) is 15. The molecule has 0 aromatic rings. The normalized spacial score (nSPS) is 17.6. The Bertz CT molecular complexity index is 2540. The van der Waals surface area contributed by atoms with Crippen LogP contribution in [0.2, 0.25) is 0 Å². The highest BCUT2D eigenvalue weighted by Gasteiger charge is 2.39. The largest absolute Gasteiger partial charge is 0.465 e. The van der Waals surface area contributed by atoms with E-state index in [0.29, 0.717) is 104 Å². The van der Waals surface area contributed by atoms with Crippen molar-refractivity contribution in [3.05, 3.63) is 0 Å². The van der Waals surface area contributed by atoms with Crippen molar-refractivity contribution in [3.63, 3.8) is 0 Å². The minimum atomic E-state index is -0.244. The second kappa shape index (κ2) is 77.7. The van der Waals surface area contributed by atoms with Crippen LogP contribution in [0.3, 0.4) is 0 Å². The van der Waals surface area contributed by atoms with Gasteiger partial charge in [0.15, 0.2) is 0 Å². The summed E-state index contributed by atoms with van der Waals surface area (Å²) in [5.74, 6) is -1.62. The smallest absolute Gasteiger partial charge is 0.311 e. The Hall–Kier alpha value is -5.30. The zero-order chi connectivity index (χ0) is 86.7. The molecule has 20 nitrogen and oxygen atoms in total. The van der Waals surface area contributed by atoms with E-state index in [4.69, 9.17) is 23.7 Å². The predicted molar refractivity (Wildman–Crippen MR) is 480 cm³/mol. The summed E-state index contributed by atoms with van der Waals surface area (Å²) in [6.07, 6.45) is 67.1. The van der Waals surface area contributed by atoms with E-state index in [9.17, 15) is 47.9 Å². The second-order valence-electron chi connectivity index (χ2n) is 34.7.